The molecule has 1 fully saturated rings. The van der Waals surface area contributed by atoms with Gasteiger partial charge in [-0.05, 0) is 19.4 Å². The van der Waals surface area contributed by atoms with Gasteiger partial charge in [-0.1, -0.05) is 0 Å². The fourth-order valence-electron chi connectivity index (χ4n) is 1.36. The van der Waals surface area contributed by atoms with Crippen LogP contribution in [0.3, 0.4) is 0 Å². The molecule has 0 aromatic carbocycles. The largest absolute Gasteiger partial charge is 0.461 e. The number of hydrogen-bond donors (Lipinski definition) is 1. The van der Waals surface area contributed by atoms with Gasteiger partial charge in [0.15, 0.2) is 0 Å². The van der Waals surface area contributed by atoms with Crippen LogP contribution in [0.2, 0.25) is 0 Å². The van der Waals surface area contributed by atoms with Crippen LogP contribution < -0.4 is 5.32 Å². The summed E-state index contributed by atoms with van der Waals surface area (Å²) in [4.78, 5) is 11.2. The maximum absolute atomic E-state index is 11.6. The Morgan fingerprint density at radius 1 is 1.57 bits per heavy atom. The van der Waals surface area contributed by atoms with Gasteiger partial charge in [0.1, 0.15) is 6.61 Å². The molecule has 0 amide bonds. The fourth-order valence-corrected chi connectivity index (χ4v) is 1.36. The van der Waals surface area contributed by atoms with E-state index in [-0.39, 0.29) is 12.5 Å². The third-order valence-electron chi connectivity index (χ3n) is 2.09. The lowest BCUT2D eigenvalue weighted by Crippen LogP contribution is -2.35. The van der Waals surface area contributed by atoms with Gasteiger partial charge in [0.2, 0.25) is 0 Å². The van der Waals surface area contributed by atoms with E-state index < -0.39 is 12.0 Å². The average molecular weight is 205 g/mol. The van der Waals surface area contributed by atoms with Crippen molar-refractivity contribution in [1.29, 1.82) is 0 Å². The molecule has 0 aromatic rings. The highest BCUT2D eigenvalue weighted by Crippen LogP contribution is 2.11. The van der Waals surface area contributed by atoms with E-state index in [1.165, 1.54) is 0 Å². The third kappa shape index (κ3) is 3.83. The second kappa shape index (κ2) is 5.70. The number of carbonyl (C=O) groups is 1. The molecule has 1 rings (SSSR count). The summed E-state index contributed by atoms with van der Waals surface area (Å²) in [6.07, 6.45) is 0.467. The van der Waals surface area contributed by atoms with Crippen molar-refractivity contribution in [1.82, 2.24) is 5.32 Å². The van der Waals surface area contributed by atoms with Gasteiger partial charge >= 0.3 is 5.97 Å². The van der Waals surface area contributed by atoms with E-state index in [2.05, 4.69) is 10.1 Å². The molecule has 3 nitrogen and oxygen atoms in total. The summed E-state index contributed by atoms with van der Waals surface area (Å²) in [7, 11) is 0. The third-order valence-corrected chi connectivity index (χ3v) is 2.09. The molecule has 14 heavy (non-hydrogen) atoms. The molecule has 0 saturated carbocycles. The van der Waals surface area contributed by atoms with Crippen LogP contribution in [-0.4, -0.2) is 25.7 Å². The highest BCUT2D eigenvalue weighted by Gasteiger charge is 2.21. The minimum Gasteiger partial charge on any atom is -0.461 e. The Balaban J connectivity index is 2.23. The summed E-state index contributed by atoms with van der Waals surface area (Å²) in [5.74, 6) is -0.575. The standard InChI is InChI=1S/C9H13F2NO2/c10-8(11)3-5-14-9(13)7-2-1-4-12-6-7/h3,7,12H,1-2,4-6H2. The molecule has 0 aliphatic carbocycles. The second-order valence-corrected chi connectivity index (χ2v) is 3.17. The first-order valence-electron chi connectivity index (χ1n) is 4.58. The Bertz CT molecular complexity index is 221. The molecule has 1 heterocycles. The lowest BCUT2D eigenvalue weighted by Gasteiger charge is -2.20. The number of esters is 1. The Morgan fingerprint density at radius 2 is 2.36 bits per heavy atom. The van der Waals surface area contributed by atoms with Gasteiger partial charge in [-0.15, -0.1) is 0 Å². The first-order valence-corrected chi connectivity index (χ1v) is 4.58. The summed E-state index contributed by atoms with van der Waals surface area (Å²) in [6, 6.07) is 0. The van der Waals surface area contributed by atoms with Crippen molar-refractivity contribution >= 4 is 5.97 Å². The van der Waals surface area contributed by atoms with E-state index in [9.17, 15) is 13.6 Å². The Morgan fingerprint density at radius 3 is 2.93 bits per heavy atom. The van der Waals surface area contributed by atoms with Crippen LogP contribution in [0.15, 0.2) is 12.2 Å². The van der Waals surface area contributed by atoms with Gasteiger partial charge < -0.3 is 10.1 Å². The summed E-state index contributed by atoms with van der Waals surface area (Å²) in [6.45, 7) is 1.15. The van der Waals surface area contributed by atoms with Gasteiger partial charge in [0.25, 0.3) is 6.08 Å². The first kappa shape index (κ1) is 11.1. The van der Waals surface area contributed by atoms with E-state index in [1.54, 1.807) is 0 Å². The number of nitrogens with one attached hydrogen (secondary N) is 1. The van der Waals surface area contributed by atoms with Crippen LogP contribution >= 0.6 is 0 Å². The predicted molar refractivity (Wildman–Crippen MR) is 46.9 cm³/mol. The summed E-state index contributed by atoms with van der Waals surface area (Å²) in [5, 5.41) is 3.05. The molecular formula is C9H13F2NO2. The number of ether oxygens (including phenoxy) is 1. The smallest absolute Gasteiger partial charge is 0.310 e. The minimum atomic E-state index is -1.82. The van der Waals surface area contributed by atoms with Gasteiger partial charge in [-0.25, -0.2) is 0 Å². The number of carbonyl (C=O) groups excluding carboxylic acids is 1. The van der Waals surface area contributed by atoms with Gasteiger partial charge in [-0.3, -0.25) is 4.79 Å². The molecule has 0 spiro atoms. The Kier molecular flexibility index (Phi) is 4.52. The molecule has 1 atom stereocenters. The molecule has 80 valence electrons. The van der Waals surface area contributed by atoms with Crippen molar-refractivity contribution in [3.8, 4) is 0 Å². The summed E-state index contributed by atoms with van der Waals surface area (Å²) in [5.41, 5.74) is 0. The summed E-state index contributed by atoms with van der Waals surface area (Å²) < 4.78 is 27.8. The van der Waals surface area contributed by atoms with Gasteiger partial charge in [0.05, 0.1) is 5.92 Å². The van der Waals surface area contributed by atoms with E-state index in [0.29, 0.717) is 12.6 Å². The van der Waals surface area contributed by atoms with Crippen LogP contribution in [0, 0.1) is 5.92 Å². The quantitative estimate of drug-likeness (QED) is 0.706. The fraction of sp³-hybridized carbons (Fsp3) is 0.667. The van der Waals surface area contributed by atoms with Crippen LogP contribution in [0.25, 0.3) is 0 Å². The number of halogens is 2. The molecule has 1 N–H and O–H groups in total. The average Bonchev–Trinajstić information content (AvgIpc) is 2.18. The normalized spacial score (nSPS) is 21.4. The molecule has 1 aliphatic rings. The maximum atomic E-state index is 11.6. The minimum absolute atomic E-state index is 0.181. The molecule has 0 aromatic heterocycles. The Hall–Kier alpha value is -0.970. The highest BCUT2D eigenvalue weighted by molar-refractivity contribution is 5.72. The predicted octanol–water partition coefficient (Wildman–Crippen LogP) is 1.31. The summed E-state index contributed by atoms with van der Waals surface area (Å²) >= 11 is 0. The van der Waals surface area contributed by atoms with Crippen molar-refractivity contribution in [2.24, 2.45) is 5.92 Å². The molecule has 0 radical (unpaired) electrons. The molecule has 0 bridgehead atoms. The van der Waals surface area contributed by atoms with E-state index >= 15 is 0 Å². The molecule has 1 aliphatic heterocycles. The van der Waals surface area contributed by atoms with Crippen LogP contribution in [0.1, 0.15) is 12.8 Å². The van der Waals surface area contributed by atoms with Gasteiger partial charge in [0, 0.05) is 12.6 Å². The zero-order chi connectivity index (χ0) is 10.4. The van der Waals surface area contributed by atoms with E-state index in [1.807, 2.05) is 0 Å². The lowest BCUT2D eigenvalue weighted by atomic mass is 10.0. The van der Waals surface area contributed by atoms with E-state index in [0.717, 1.165) is 19.4 Å². The van der Waals surface area contributed by atoms with Crippen molar-refractivity contribution in [2.45, 2.75) is 12.8 Å². The molecular weight excluding hydrogens is 192 g/mol. The molecule has 1 saturated heterocycles. The second-order valence-electron chi connectivity index (χ2n) is 3.17. The number of hydrogen-bond acceptors (Lipinski definition) is 3. The van der Waals surface area contributed by atoms with Crippen molar-refractivity contribution in [3.05, 3.63) is 12.2 Å². The van der Waals surface area contributed by atoms with Crippen molar-refractivity contribution < 1.29 is 18.3 Å². The topological polar surface area (TPSA) is 38.3 Å². The SMILES string of the molecule is O=C(OCC=C(F)F)C1CCCNC1. The maximum Gasteiger partial charge on any atom is 0.310 e. The number of piperidine rings is 1. The molecule has 1 unspecified atom stereocenters. The lowest BCUT2D eigenvalue weighted by molar-refractivity contribution is -0.147. The number of rotatable bonds is 3. The Labute approximate surface area is 81.1 Å². The van der Waals surface area contributed by atoms with Crippen molar-refractivity contribution in [2.75, 3.05) is 19.7 Å². The van der Waals surface area contributed by atoms with E-state index in [4.69, 9.17) is 0 Å². The zero-order valence-corrected chi connectivity index (χ0v) is 7.76. The van der Waals surface area contributed by atoms with Crippen LogP contribution in [-0.2, 0) is 9.53 Å². The van der Waals surface area contributed by atoms with Crippen molar-refractivity contribution in [3.63, 3.8) is 0 Å². The molecule has 5 heteroatoms. The van der Waals surface area contributed by atoms with Gasteiger partial charge in [-0.2, -0.15) is 8.78 Å². The van der Waals surface area contributed by atoms with Crippen LogP contribution in [0.4, 0.5) is 8.78 Å². The van der Waals surface area contributed by atoms with Crippen LogP contribution in [0.5, 0.6) is 0 Å². The monoisotopic (exact) mass is 205 g/mol. The zero-order valence-electron chi connectivity index (χ0n) is 7.76. The highest BCUT2D eigenvalue weighted by atomic mass is 19.3. The first-order chi connectivity index (χ1) is 6.70.